The molecule has 1 saturated heterocycles. The van der Waals surface area contributed by atoms with Gasteiger partial charge in [0, 0.05) is 25.7 Å². The third kappa shape index (κ3) is 5.50. The number of hydrogen-bond donors (Lipinski definition) is 1. The minimum Gasteiger partial charge on any atom is -0.381 e. The molecule has 1 fully saturated rings. The lowest BCUT2D eigenvalue weighted by Gasteiger charge is -2.22. The van der Waals surface area contributed by atoms with E-state index in [1.807, 2.05) is 0 Å². The van der Waals surface area contributed by atoms with Crippen LogP contribution in [-0.2, 0) is 9.53 Å². The second-order valence-corrected chi connectivity index (χ2v) is 4.56. The molecule has 0 radical (unpaired) electrons. The highest BCUT2D eigenvalue weighted by molar-refractivity contribution is 5.78. The van der Waals surface area contributed by atoms with E-state index in [9.17, 15) is 4.79 Å². The summed E-state index contributed by atoms with van der Waals surface area (Å²) in [6, 6.07) is 0. The van der Waals surface area contributed by atoms with Gasteiger partial charge in [-0.05, 0) is 38.9 Å². The maximum absolute atomic E-state index is 11.8. The molecule has 0 saturated carbocycles. The van der Waals surface area contributed by atoms with Crippen molar-refractivity contribution in [1.29, 1.82) is 0 Å². The predicted octanol–water partition coefficient (Wildman–Crippen LogP) is 1.26. The van der Waals surface area contributed by atoms with E-state index >= 15 is 0 Å². The first kappa shape index (κ1) is 14.5. The molecule has 100 valence electrons. The largest absolute Gasteiger partial charge is 0.381 e. The molecule has 1 heterocycles. The summed E-state index contributed by atoms with van der Waals surface area (Å²) in [5.41, 5.74) is 0. The first-order valence-corrected chi connectivity index (χ1v) is 6.85. The van der Waals surface area contributed by atoms with E-state index in [0.29, 0.717) is 0 Å². The minimum atomic E-state index is 0.178. The first-order valence-electron chi connectivity index (χ1n) is 6.85. The average molecular weight is 242 g/mol. The van der Waals surface area contributed by atoms with E-state index in [1.165, 1.54) is 0 Å². The number of hydrogen-bond acceptors (Lipinski definition) is 3. The summed E-state index contributed by atoms with van der Waals surface area (Å²) in [4.78, 5) is 14.2. The van der Waals surface area contributed by atoms with Gasteiger partial charge in [0.1, 0.15) is 0 Å². The van der Waals surface area contributed by atoms with Crippen molar-refractivity contribution in [3.63, 3.8) is 0 Å². The first-order chi connectivity index (χ1) is 8.27. The van der Waals surface area contributed by atoms with Gasteiger partial charge in [-0.2, -0.15) is 0 Å². The molecule has 1 rings (SSSR count). The molecule has 17 heavy (non-hydrogen) atoms. The van der Waals surface area contributed by atoms with Crippen LogP contribution in [0.2, 0.25) is 0 Å². The van der Waals surface area contributed by atoms with Crippen LogP contribution < -0.4 is 5.32 Å². The summed E-state index contributed by atoms with van der Waals surface area (Å²) in [5, 5.41) is 3.03. The second kappa shape index (κ2) is 8.48. The Morgan fingerprint density at radius 3 is 2.53 bits per heavy atom. The fraction of sp³-hybridized carbons (Fsp3) is 0.923. The highest BCUT2D eigenvalue weighted by Gasteiger charge is 2.20. The summed E-state index contributed by atoms with van der Waals surface area (Å²) >= 11 is 0. The van der Waals surface area contributed by atoms with Crippen molar-refractivity contribution in [3.8, 4) is 0 Å². The Kier molecular flexibility index (Phi) is 7.21. The van der Waals surface area contributed by atoms with Crippen LogP contribution in [0.1, 0.15) is 33.1 Å². The summed E-state index contributed by atoms with van der Waals surface area (Å²) in [7, 11) is 0. The van der Waals surface area contributed by atoms with Crippen molar-refractivity contribution in [2.75, 3.05) is 39.4 Å². The molecule has 0 bridgehead atoms. The molecule has 0 aromatic heterocycles. The average Bonchev–Trinajstić information content (AvgIpc) is 2.40. The van der Waals surface area contributed by atoms with Gasteiger partial charge < -0.3 is 15.0 Å². The zero-order valence-electron chi connectivity index (χ0n) is 11.2. The Morgan fingerprint density at radius 2 is 1.94 bits per heavy atom. The molecule has 1 amide bonds. The summed E-state index contributed by atoms with van der Waals surface area (Å²) in [5.74, 6) is 0.394. The lowest BCUT2D eigenvalue weighted by Crippen LogP contribution is -2.36. The molecule has 1 N–H and O–H groups in total. The van der Waals surface area contributed by atoms with Crippen LogP contribution >= 0.6 is 0 Å². The maximum Gasteiger partial charge on any atom is 0.223 e. The van der Waals surface area contributed by atoms with Gasteiger partial charge in [-0.1, -0.05) is 13.8 Å². The summed E-state index contributed by atoms with van der Waals surface area (Å²) in [6.07, 6.45) is 2.79. The second-order valence-electron chi connectivity index (χ2n) is 4.56. The quantitative estimate of drug-likeness (QED) is 0.683. The Hall–Kier alpha value is -0.610. The minimum absolute atomic E-state index is 0.178. The normalized spacial score (nSPS) is 17.4. The molecule has 0 atom stereocenters. The number of rotatable bonds is 7. The van der Waals surface area contributed by atoms with Crippen molar-refractivity contribution < 1.29 is 9.53 Å². The molecule has 0 aliphatic carbocycles. The van der Waals surface area contributed by atoms with Crippen LogP contribution in [0.5, 0.6) is 0 Å². The Labute approximate surface area is 105 Å². The van der Waals surface area contributed by atoms with Crippen molar-refractivity contribution in [2.45, 2.75) is 33.1 Å². The van der Waals surface area contributed by atoms with Crippen molar-refractivity contribution in [3.05, 3.63) is 0 Å². The predicted molar refractivity (Wildman–Crippen MR) is 69.0 cm³/mol. The van der Waals surface area contributed by atoms with Gasteiger partial charge >= 0.3 is 0 Å². The molecule has 1 aliphatic rings. The number of carbonyl (C=O) groups excluding carboxylic acids is 1. The zero-order chi connectivity index (χ0) is 12.5. The van der Waals surface area contributed by atoms with Crippen molar-refractivity contribution in [2.24, 2.45) is 5.92 Å². The zero-order valence-corrected chi connectivity index (χ0v) is 11.2. The number of amides is 1. The molecular weight excluding hydrogens is 216 g/mol. The highest BCUT2D eigenvalue weighted by atomic mass is 16.5. The standard InChI is InChI=1S/C13H26N2O2/c1-3-15(4-2)9-5-8-14-13(16)12-6-10-17-11-7-12/h12H,3-11H2,1-2H3,(H,14,16). The van der Waals surface area contributed by atoms with E-state index in [-0.39, 0.29) is 11.8 Å². The fourth-order valence-corrected chi connectivity index (χ4v) is 2.16. The summed E-state index contributed by atoms with van der Waals surface area (Å²) in [6.45, 7) is 9.85. The summed E-state index contributed by atoms with van der Waals surface area (Å²) < 4.78 is 5.25. The third-order valence-electron chi connectivity index (χ3n) is 3.44. The van der Waals surface area contributed by atoms with E-state index < -0.39 is 0 Å². The lowest BCUT2D eigenvalue weighted by molar-refractivity contribution is -0.127. The number of nitrogens with zero attached hydrogens (tertiary/aromatic N) is 1. The number of carbonyl (C=O) groups is 1. The van der Waals surface area contributed by atoms with E-state index in [0.717, 1.165) is 58.7 Å². The Bertz CT molecular complexity index is 211. The molecule has 0 aromatic rings. The molecule has 0 aromatic carbocycles. The number of ether oxygens (including phenoxy) is 1. The van der Waals surface area contributed by atoms with E-state index in [4.69, 9.17) is 4.74 Å². The van der Waals surface area contributed by atoms with E-state index in [2.05, 4.69) is 24.1 Å². The van der Waals surface area contributed by atoms with Crippen LogP contribution in [0.25, 0.3) is 0 Å². The van der Waals surface area contributed by atoms with Gasteiger partial charge in [0.2, 0.25) is 5.91 Å². The highest BCUT2D eigenvalue weighted by Crippen LogP contribution is 2.14. The van der Waals surface area contributed by atoms with Gasteiger partial charge in [0.05, 0.1) is 0 Å². The molecule has 0 spiro atoms. The van der Waals surface area contributed by atoms with Crippen LogP contribution in [0.15, 0.2) is 0 Å². The maximum atomic E-state index is 11.8. The van der Waals surface area contributed by atoms with Gasteiger partial charge in [-0.25, -0.2) is 0 Å². The van der Waals surface area contributed by atoms with Gasteiger partial charge in [0.25, 0.3) is 0 Å². The van der Waals surface area contributed by atoms with Crippen LogP contribution in [0, 0.1) is 5.92 Å². The molecule has 4 heteroatoms. The van der Waals surface area contributed by atoms with Crippen molar-refractivity contribution >= 4 is 5.91 Å². The van der Waals surface area contributed by atoms with E-state index in [1.54, 1.807) is 0 Å². The number of nitrogens with one attached hydrogen (secondary N) is 1. The SMILES string of the molecule is CCN(CC)CCCNC(=O)C1CCOCC1. The molecular formula is C13H26N2O2. The van der Waals surface area contributed by atoms with Crippen LogP contribution in [-0.4, -0.2) is 50.2 Å². The van der Waals surface area contributed by atoms with Crippen LogP contribution in [0.4, 0.5) is 0 Å². The lowest BCUT2D eigenvalue weighted by atomic mass is 9.99. The Balaban J connectivity index is 2.07. The van der Waals surface area contributed by atoms with Gasteiger partial charge in [0.15, 0.2) is 0 Å². The Morgan fingerprint density at radius 1 is 1.29 bits per heavy atom. The topological polar surface area (TPSA) is 41.6 Å². The third-order valence-corrected chi connectivity index (χ3v) is 3.44. The monoisotopic (exact) mass is 242 g/mol. The fourth-order valence-electron chi connectivity index (χ4n) is 2.16. The smallest absolute Gasteiger partial charge is 0.223 e. The van der Waals surface area contributed by atoms with Crippen LogP contribution in [0.3, 0.4) is 0 Å². The molecule has 1 aliphatic heterocycles. The molecule has 0 unspecified atom stereocenters. The van der Waals surface area contributed by atoms with Crippen molar-refractivity contribution in [1.82, 2.24) is 10.2 Å². The van der Waals surface area contributed by atoms with Gasteiger partial charge in [-0.3, -0.25) is 4.79 Å². The molecule has 4 nitrogen and oxygen atoms in total. The van der Waals surface area contributed by atoms with Gasteiger partial charge in [-0.15, -0.1) is 0 Å².